The van der Waals surface area contributed by atoms with Crippen LogP contribution in [0.15, 0.2) is 18.2 Å². The third-order valence-electron chi connectivity index (χ3n) is 3.68. The fourth-order valence-corrected chi connectivity index (χ4v) is 2.57. The number of amides is 1. The van der Waals surface area contributed by atoms with Crippen LogP contribution < -0.4 is 10.1 Å². The van der Waals surface area contributed by atoms with E-state index in [1.807, 2.05) is 0 Å². The van der Waals surface area contributed by atoms with Crippen molar-refractivity contribution < 1.29 is 13.9 Å². The summed E-state index contributed by atoms with van der Waals surface area (Å²) in [6, 6.07) is 4.31. The summed E-state index contributed by atoms with van der Waals surface area (Å²) >= 11 is 0. The first-order chi connectivity index (χ1) is 9.61. The first-order valence-corrected chi connectivity index (χ1v) is 6.91. The molecule has 0 aromatic heterocycles. The molecule has 20 heavy (non-hydrogen) atoms. The molecule has 1 aliphatic rings. The average Bonchev–Trinajstić information content (AvgIpc) is 2.47. The van der Waals surface area contributed by atoms with Gasteiger partial charge in [0.2, 0.25) is 0 Å². The van der Waals surface area contributed by atoms with Crippen molar-refractivity contribution in [2.75, 3.05) is 33.8 Å². The summed E-state index contributed by atoms with van der Waals surface area (Å²) in [4.78, 5) is 13.9. The molecule has 0 spiro atoms. The van der Waals surface area contributed by atoms with Gasteiger partial charge in [0.25, 0.3) is 5.91 Å². The molecule has 110 valence electrons. The number of piperidine rings is 1. The van der Waals surface area contributed by atoms with Crippen LogP contribution in [0.25, 0.3) is 0 Å². The summed E-state index contributed by atoms with van der Waals surface area (Å²) in [6.45, 7) is 2.69. The number of nitrogens with zero attached hydrogens (tertiary/aromatic N) is 1. The standard InChI is InChI=1S/C15H21FN2O2/c1-18(10-11-4-3-7-17-9-11)15(19)12-5-6-14(20-2)13(16)8-12/h5-6,8,11,17H,3-4,7,9-10H2,1-2H3. The number of halogens is 1. The lowest BCUT2D eigenvalue weighted by Crippen LogP contribution is -2.39. The summed E-state index contributed by atoms with van der Waals surface area (Å²) < 4.78 is 18.5. The second-order valence-corrected chi connectivity index (χ2v) is 5.25. The molecule has 1 aromatic rings. The first kappa shape index (κ1) is 14.8. The molecule has 0 radical (unpaired) electrons. The van der Waals surface area contributed by atoms with Crippen LogP contribution in [-0.4, -0.2) is 44.6 Å². The zero-order valence-electron chi connectivity index (χ0n) is 12.0. The number of benzene rings is 1. The van der Waals surface area contributed by atoms with Crippen LogP contribution in [0.5, 0.6) is 5.75 Å². The Morgan fingerprint density at radius 3 is 2.95 bits per heavy atom. The highest BCUT2D eigenvalue weighted by Crippen LogP contribution is 2.19. The Kier molecular flexibility index (Phi) is 4.95. The van der Waals surface area contributed by atoms with E-state index in [0.29, 0.717) is 18.0 Å². The van der Waals surface area contributed by atoms with Crippen LogP contribution in [-0.2, 0) is 0 Å². The molecule has 1 amide bonds. The van der Waals surface area contributed by atoms with E-state index in [4.69, 9.17) is 4.74 Å². The zero-order valence-corrected chi connectivity index (χ0v) is 12.0. The fourth-order valence-electron chi connectivity index (χ4n) is 2.57. The predicted octanol–water partition coefficient (Wildman–Crippen LogP) is 1.91. The zero-order chi connectivity index (χ0) is 14.5. The van der Waals surface area contributed by atoms with E-state index in [0.717, 1.165) is 25.9 Å². The number of carbonyl (C=O) groups excluding carboxylic acids is 1. The van der Waals surface area contributed by atoms with Crippen molar-refractivity contribution in [3.63, 3.8) is 0 Å². The molecule has 0 bridgehead atoms. The second-order valence-electron chi connectivity index (χ2n) is 5.25. The lowest BCUT2D eigenvalue weighted by molar-refractivity contribution is 0.0764. The van der Waals surface area contributed by atoms with E-state index < -0.39 is 5.82 Å². The van der Waals surface area contributed by atoms with Gasteiger partial charge in [0, 0.05) is 19.2 Å². The molecule has 4 nitrogen and oxygen atoms in total. The quantitative estimate of drug-likeness (QED) is 0.916. The Balaban J connectivity index is 2.00. The monoisotopic (exact) mass is 280 g/mol. The lowest BCUT2D eigenvalue weighted by atomic mass is 9.99. The number of nitrogens with one attached hydrogen (secondary N) is 1. The Morgan fingerprint density at radius 2 is 2.35 bits per heavy atom. The van der Waals surface area contributed by atoms with E-state index in [1.54, 1.807) is 18.0 Å². The summed E-state index contributed by atoms with van der Waals surface area (Å²) in [5.41, 5.74) is 0.356. The summed E-state index contributed by atoms with van der Waals surface area (Å²) in [5.74, 6) is -0.0373. The van der Waals surface area contributed by atoms with Crippen molar-refractivity contribution in [3.8, 4) is 5.75 Å². The first-order valence-electron chi connectivity index (χ1n) is 6.91. The Bertz CT molecular complexity index is 473. The summed E-state index contributed by atoms with van der Waals surface area (Å²) in [6.07, 6.45) is 2.27. The third-order valence-corrected chi connectivity index (χ3v) is 3.68. The van der Waals surface area contributed by atoms with Crippen LogP contribution >= 0.6 is 0 Å². The number of methoxy groups -OCH3 is 1. The molecule has 5 heteroatoms. The molecule has 1 aromatic carbocycles. The molecule has 0 saturated carbocycles. The van der Waals surface area contributed by atoms with E-state index in [1.165, 1.54) is 19.2 Å². The molecule has 1 aliphatic heterocycles. The van der Waals surface area contributed by atoms with Gasteiger partial charge in [0.05, 0.1) is 7.11 Å². The molecule has 1 N–H and O–H groups in total. The Hall–Kier alpha value is -1.62. The fraction of sp³-hybridized carbons (Fsp3) is 0.533. The van der Waals surface area contributed by atoms with Crippen LogP contribution in [0, 0.1) is 11.7 Å². The topological polar surface area (TPSA) is 41.6 Å². The van der Waals surface area contributed by atoms with Gasteiger partial charge in [0.1, 0.15) is 0 Å². The number of hydrogen-bond donors (Lipinski definition) is 1. The maximum absolute atomic E-state index is 13.6. The van der Waals surface area contributed by atoms with Gasteiger partial charge >= 0.3 is 0 Å². The minimum atomic E-state index is -0.508. The van der Waals surface area contributed by atoms with Crippen LogP contribution in [0.2, 0.25) is 0 Å². The molecule has 1 atom stereocenters. The second kappa shape index (κ2) is 6.70. The van der Waals surface area contributed by atoms with Gasteiger partial charge < -0.3 is 15.0 Å². The molecule has 0 aliphatic carbocycles. The summed E-state index contributed by atoms with van der Waals surface area (Å²) in [5, 5.41) is 3.33. The van der Waals surface area contributed by atoms with Gasteiger partial charge in [-0.05, 0) is 50.0 Å². The van der Waals surface area contributed by atoms with Gasteiger partial charge in [-0.2, -0.15) is 0 Å². The van der Waals surface area contributed by atoms with E-state index in [9.17, 15) is 9.18 Å². The van der Waals surface area contributed by atoms with Crippen molar-refractivity contribution in [2.45, 2.75) is 12.8 Å². The number of ether oxygens (including phenoxy) is 1. The molecular weight excluding hydrogens is 259 g/mol. The summed E-state index contributed by atoms with van der Waals surface area (Å²) in [7, 11) is 3.17. The molecule has 1 unspecified atom stereocenters. The highest BCUT2D eigenvalue weighted by atomic mass is 19.1. The molecular formula is C15H21FN2O2. The van der Waals surface area contributed by atoms with Gasteiger partial charge in [-0.25, -0.2) is 4.39 Å². The highest BCUT2D eigenvalue weighted by molar-refractivity contribution is 5.94. The van der Waals surface area contributed by atoms with Crippen LogP contribution in [0.3, 0.4) is 0 Å². The Morgan fingerprint density at radius 1 is 1.55 bits per heavy atom. The largest absolute Gasteiger partial charge is 0.494 e. The van der Waals surface area contributed by atoms with E-state index >= 15 is 0 Å². The number of rotatable bonds is 4. The molecule has 1 fully saturated rings. The smallest absolute Gasteiger partial charge is 0.253 e. The normalized spacial score (nSPS) is 18.6. The van der Waals surface area contributed by atoms with Crippen molar-refractivity contribution >= 4 is 5.91 Å². The van der Waals surface area contributed by atoms with Crippen molar-refractivity contribution in [1.82, 2.24) is 10.2 Å². The highest BCUT2D eigenvalue weighted by Gasteiger charge is 2.19. The van der Waals surface area contributed by atoms with Gasteiger partial charge in [-0.15, -0.1) is 0 Å². The van der Waals surface area contributed by atoms with Gasteiger partial charge in [0.15, 0.2) is 11.6 Å². The minimum absolute atomic E-state index is 0.153. The number of hydrogen-bond acceptors (Lipinski definition) is 3. The Labute approximate surface area is 118 Å². The lowest BCUT2D eigenvalue weighted by Gasteiger charge is -2.27. The maximum Gasteiger partial charge on any atom is 0.253 e. The van der Waals surface area contributed by atoms with Crippen LogP contribution in [0.1, 0.15) is 23.2 Å². The SMILES string of the molecule is COc1ccc(C(=O)N(C)CC2CCCNC2)cc1F. The van der Waals surface area contributed by atoms with Gasteiger partial charge in [-0.3, -0.25) is 4.79 Å². The maximum atomic E-state index is 13.6. The molecule has 2 rings (SSSR count). The van der Waals surface area contributed by atoms with E-state index in [2.05, 4.69) is 5.32 Å². The third kappa shape index (κ3) is 3.48. The van der Waals surface area contributed by atoms with Crippen molar-refractivity contribution in [1.29, 1.82) is 0 Å². The van der Waals surface area contributed by atoms with Crippen molar-refractivity contribution in [3.05, 3.63) is 29.6 Å². The predicted molar refractivity (Wildman–Crippen MR) is 75.5 cm³/mol. The molecule has 1 saturated heterocycles. The van der Waals surface area contributed by atoms with Crippen molar-refractivity contribution in [2.24, 2.45) is 5.92 Å². The van der Waals surface area contributed by atoms with E-state index in [-0.39, 0.29) is 11.7 Å². The number of carbonyl (C=O) groups is 1. The van der Waals surface area contributed by atoms with Crippen LogP contribution in [0.4, 0.5) is 4.39 Å². The van der Waals surface area contributed by atoms with Gasteiger partial charge in [-0.1, -0.05) is 0 Å². The molecule has 1 heterocycles. The average molecular weight is 280 g/mol. The minimum Gasteiger partial charge on any atom is -0.494 e.